The molecule has 1 aromatic carbocycles. The maximum absolute atomic E-state index is 5.85. The summed E-state index contributed by atoms with van der Waals surface area (Å²) in [4.78, 5) is 8.31. The second-order valence-electron chi connectivity index (χ2n) is 3.94. The topological polar surface area (TPSA) is 49.8 Å². The number of nitrogens with zero attached hydrogens (tertiary/aromatic N) is 2. The van der Waals surface area contributed by atoms with E-state index in [1.54, 1.807) is 0 Å². The molecule has 100 valence electrons. The average Bonchev–Trinajstić information content (AvgIpc) is 2.43. The molecule has 1 aromatic heterocycles. The fourth-order valence-corrected chi connectivity index (χ4v) is 2.31. The number of aromatic nitrogens is 2. The second kappa shape index (κ2) is 6.73. The van der Waals surface area contributed by atoms with Crippen molar-refractivity contribution < 1.29 is 0 Å². The summed E-state index contributed by atoms with van der Waals surface area (Å²) in [6, 6.07) is 7.85. The first-order valence-electron chi connectivity index (χ1n) is 5.87. The van der Waals surface area contributed by atoms with Crippen LogP contribution in [0.2, 0.25) is 5.02 Å². The van der Waals surface area contributed by atoms with Gasteiger partial charge < -0.3 is 10.6 Å². The van der Waals surface area contributed by atoms with Crippen LogP contribution in [0, 0.1) is 0 Å². The van der Waals surface area contributed by atoms with Gasteiger partial charge in [-0.1, -0.05) is 23.7 Å². The lowest BCUT2D eigenvalue weighted by atomic mass is 10.1. The van der Waals surface area contributed by atoms with Crippen LogP contribution in [0.1, 0.15) is 5.56 Å². The minimum absolute atomic E-state index is 0.758. The highest BCUT2D eigenvalue weighted by Gasteiger charge is 2.06. The molecule has 1 heterocycles. The van der Waals surface area contributed by atoms with Gasteiger partial charge in [0.2, 0.25) is 0 Å². The van der Waals surface area contributed by atoms with Crippen molar-refractivity contribution in [1.29, 1.82) is 0 Å². The van der Waals surface area contributed by atoms with Gasteiger partial charge in [-0.15, -0.1) is 0 Å². The van der Waals surface area contributed by atoms with Gasteiger partial charge in [-0.05, 0) is 40.0 Å². The number of hydrogen-bond acceptors (Lipinski definition) is 4. The first kappa shape index (κ1) is 14.1. The molecule has 0 bridgehead atoms. The molecule has 0 spiro atoms. The van der Waals surface area contributed by atoms with Crippen LogP contribution in [-0.4, -0.2) is 23.6 Å². The van der Waals surface area contributed by atoms with E-state index < -0.39 is 0 Å². The van der Waals surface area contributed by atoms with E-state index in [1.807, 2.05) is 31.3 Å². The molecule has 0 unspecified atom stereocenters. The molecule has 0 fully saturated rings. The first-order chi connectivity index (χ1) is 9.20. The van der Waals surface area contributed by atoms with Crippen molar-refractivity contribution in [2.45, 2.75) is 6.42 Å². The van der Waals surface area contributed by atoms with E-state index in [4.69, 9.17) is 11.6 Å². The summed E-state index contributed by atoms with van der Waals surface area (Å²) in [5.74, 6) is 1.55. The van der Waals surface area contributed by atoms with Gasteiger partial charge in [-0.2, -0.15) is 0 Å². The van der Waals surface area contributed by atoms with Crippen molar-refractivity contribution in [3.63, 3.8) is 0 Å². The third kappa shape index (κ3) is 3.81. The van der Waals surface area contributed by atoms with Gasteiger partial charge in [-0.25, -0.2) is 9.97 Å². The predicted molar refractivity (Wildman–Crippen MR) is 82.9 cm³/mol. The van der Waals surface area contributed by atoms with Crippen LogP contribution in [-0.2, 0) is 6.42 Å². The van der Waals surface area contributed by atoms with Crippen molar-refractivity contribution in [1.82, 2.24) is 9.97 Å². The van der Waals surface area contributed by atoms with Crippen LogP contribution in [0.5, 0.6) is 0 Å². The third-order valence-electron chi connectivity index (χ3n) is 2.65. The summed E-state index contributed by atoms with van der Waals surface area (Å²) in [5, 5.41) is 7.04. The van der Waals surface area contributed by atoms with Gasteiger partial charge in [-0.3, -0.25) is 0 Å². The quantitative estimate of drug-likeness (QED) is 0.872. The summed E-state index contributed by atoms with van der Waals surface area (Å²) in [6.07, 6.45) is 2.43. The van der Waals surface area contributed by atoms with E-state index >= 15 is 0 Å². The maximum Gasteiger partial charge on any atom is 0.145 e. The van der Waals surface area contributed by atoms with Crippen molar-refractivity contribution in [3.8, 4) is 0 Å². The molecule has 2 N–H and O–H groups in total. The van der Waals surface area contributed by atoms with Gasteiger partial charge in [0.25, 0.3) is 0 Å². The summed E-state index contributed by atoms with van der Waals surface area (Å²) >= 11 is 9.32. The molecule has 0 amide bonds. The average molecular weight is 342 g/mol. The Balaban J connectivity index is 1.94. The van der Waals surface area contributed by atoms with Crippen LogP contribution in [0.4, 0.5) is 11.6 Å². The molecule has 2 rings (SSSR count). The fraction of sp³-hybridized carbons (Fsp3) is 0.231. The lowest BCUT2D eigenvalue weighted by Gasteiger charge is -2.09. The Bertz CT molecular complexity index is 545. The van der Waals surface area contributed by atoms with Gasteiger partial charge in [0.15, 0.2) is 0 Å². The molecule has 4 nitrogen and oxygen atoms in total. The highest BCUT2D eigenvalue weighted by Crippen LogP contribution is 2.25. The zero-order valence-corrected chi connectivity index (χ0v) is 12.8. The summed E-state index contributed by atoms with van der Waals surface area (Å²) in [7, 11) is 1.82. The lowest BCUT2D eigenvalue weighted by molar-refractivity contribution is 0.996. The Morgan fingerprint density at radius 2 is 1.84 bits per heavy atom. The van der Waals surface area contributed by atoms with E-state index in [9.17, 15) is 0 Å². The van der Waals surface area contributed by atoms with Crippen LogP contribution >= 0.6 is 27.5 Å². The number of anilines is 2. The Labute approximate surface area is 125 Å². The normalized spacial score (nSPS) is 10.3. The summed E-state index contributed by atoms with van der Waals surface area (Å²) < 4.78 is 0.841. The zero-order valence-electron chi connectivity index (χ0n) is 10.5. The highest BCUT2D eigenvalue weighted by molar-refractivity contribution is 9.10. The van der Waals surface area contributed by atoms with Crippen molar-refractivity contribution >= 4 is 39.2 Å². The van der Waals surface area contributed by atoms with Gasteiger partial charge in [0.05, 0.1) is 0 Å². The SMILES string of the molecule is CNc1ncnc(NCCc2ccc(Cl)cc2)c1Br. The molecule has 0 aliphatic carbocycles. The van der Waals surface area contributed by atoms with Crippen LogP contribution in [0.15, 0.2) is 35.1 Å². The maximum atomic E-state index is 5.85. The lowest BCUT2D eigenvalue weighted by Crippen LogP contribution is -2.08. The van der Waals surface area contributed by atoms with Gasteiger partial charge in [0, 0.05) is 18.6 Å². The molecule has 0 aliphatic heterocycles. The number of nitrogens with one attached hydrogen (secondary N) is 2. The second-order valence-corrected chi connectivity index (χ2v) is 5.17. The molecule has 0 atom stereocenters. The van der Waals surface area contributed by atoms with Crippen molar-refractivity contribution in [2.75, 3.05) is 24.2 Å². The molecule has 0 aliphatic rings. The molecular formula is C13H14BrClN4. The minimum Gasteiger partial charge on any atom is -0.372 e. The smallest absolute Gasteiger partial charge is 0.145 e. The Kier molecular flexibility index (Phi) is 4.99. The Morgan fingerprint density at radius 1 is 1.16 bits per heavy atom. The summed E-state index contributed by atoms with van der Waals surface area (Å²) in [6.45, 7) is 0.792. The van der Waals surface area contributed by atoms with E-state index in [1.165, 1.54) is 11.9 Å². The van der Waals surface area contributed by atoms with E-state index in [-0.39, 0.29) is 0 Å². The zero-order chi connectivity index (χ0) is 13.7. The first-order valence-corrected chi connectivity index (χ1v) is 7.04. The molecule has 19 heavy (non-hydrogen) atoms. The standard InChI is InChI=1S/C13H14BrClN4/c1-16-12-11(14)13(19-8-18-12)17-7-6-9-2-4-10(15)5-3-9/h2-5,8H,6-7H2,1H3,(H2,16,17,18,19). The number of benzene rings is 1. The number of rotatable bonds is 5. The Hall–Kier alpha value is -1.33. The predicted octanol–water partition coefficient (Wildman–Crippen LogP) is 3.59. The van der Waals surface area contributed by atoms with Crippen molar-refractivity contribution in [3.05, 3.63) is 45.7 Å². The summed E-state index contributed by atoms with van der Waals surface area (Å²) in [5.41, 5.74) is 1.23. The number of halogens is 2. The van der Waals surface area contributed by atoms with Crippen molar-refractivity contribution in [2.24, 2.45) is 0 Å². The monoisotopic (exact) mass is 340 g/mol. The van der Waals surface area contributed by atoms with Gasteiger partial charge >= 0.3 is 0 Å². The molecule has 0 radical (unpaired) electrons. The third-order valence-corrected chi connectivity index (χ3v) is 3.65. The Morgan fingerprint density at radius 3 is 2.53 bits per heavy atom. The van der Waals surface area contributed by atoms with Gasteiger partial charge in [0.1, 0.15) is 22.4 Å². The molecule has 6 heteroatoms. The van der Waals surface area contributed by atoms with Crippen LogP contribution in [0.25, 0.3) is 0 Å². The van der Waals surface area contributed by atoms with E-state index in [0.717, 1.165) is 34.1 Å². The minimum atomic E-state index is 0.758. The molecule has 0 saturated carbocycles. The van der Waals surface area contributed by atoms with E-state index in [2.05, 4.69) is 36.5 Å². The largest absolute Gasteiger partial charge is 0.372 e. The molecule has 0 saturated heterocycles. The van der Waals surface area contributed by atoms with Crippen LogP contribution < -0.4 is 10.6 Å². The number of hydrogen-bond donors (Lipinski definition) is 2. The van der Waals surface area contributed by atoms with Crippen LogP contribution in [0.3, 0.4) is 0 Å². The molecule has 2 aromatic rings. The molecular weight excluding hydrogens is 328 g/mol. The van der Waals surface area contributed by atoms with E-state index in [0.29, 0.717) is 0 Å². The highest BCUT2D eigenvalue weighted by atomic mass is 79.9. The fourth-order valence-electron chi connectivity index (χ4n) is 1.64.